The van der Waals surface area contributed by atoms with Crippen molar-refractivity contribution in [3.8, 4) is 0 Å². The van der Waals surface area contributed by atoms with Gasteiger partial charge in [0, 0.05) is 12.5 Å². The minimum absolute atomic E-state index is 0.157. The molecule has 2 aromatic rings. The van der Waals surface area contributed by atoms with E-state index in [1.54, 1.807) is 30.3 Å². The summed E-state index contributed by atoms with van der Waals surface area (Å²) in [5.74, 6) is 0.0752. The summed E-state index contributed by atoms with van der Waals surface area (Å²) in [6.07, 6.45) is 1.53. The Labute approximate surface area is 117 Å². The number of rotatable bonds is 3. The van der Waals surface area contributed by atoms with Crippen LogP contribution in [0.5, 0.6) is 0 Å². The predicted molar refractivity (Wildman–Crippen MR) is 77.7 cm³/mol. The van der Waals surface area contributed by atoms with E-state index in [-0.39, 0.29) is 11.8 Å². The Bertz CT molecular complexity index is 639. The third-order valence-electron chi connectivity index (χ3n) is 2.70. The number of carbonyl (C=O) groups excluding carboxylic acids is 2. The molecule has 5 nitrogen and oxygen atoms in total. The third kappa shape index (κ3) is 3.41. The lowest BCUT2D eigenvalue weighted by molar-refractivity contribution is -0.114. The van der Waals surface area contributed by atoms with Gasteiger partial charge in [-0.15, -0.1) is 0 Å². The van der Waals surface area contributed by atoms with Crippen molar-refractivity contribution in [3.05, 3.63) is 53.7 Å². The van der Waals surface area contributed by atoms with Crippen LogP contribution in [-0.4, -0.2) is 16.8 Å². The van der Waals surface area contributed by atoms with E-state index in [1.165, 1.54) is 13.1 Å². The number of amides is 2. The Morgan fingerprint density at radius 2 is 1.80 bits per heavy atom. The van der Waals surface area contributed by atoms with Gasteiger partial charge in [0.1, 0.15) is 5.82 Å². The van der Waals surface area contributed by atoms with Crippen molar-refractivity contribution in [2.45, 2.75) is 13.8 Å². The molecule has 1 aromatic heterocycles. The Morgan fingerprint density at radius 1 is 1.10 bits per heavy atom. The SMILES string of the molecule is CC(=O)Nc1cnc(NC(=O)c2ccccc2)cc1C. The average molecular weight is 269 g/mol. The topological polar surface area (TPSA) is 71.1 Å². The second-order valence-corrected chi connectivity index (χ2v) is 4.39. The van der Waals surface area contributed by atoms with E-state index in [4.69, 9.17) is 0 Å². The van der Waals surface area contributed by atoms with Crippen molar-refractivity contribution in [1.82, 2.24) is 4.98 Å². The van der Waals surface area contributed by atoms with E-state index >= 15 is 0 Å². The summed E-state index contributed by atoms with van der Waals surface area (Å²) < 4.78 is 0. The molecule has 20 heavy (non-hydrogen) atoms. The van der Waals surface area contributed by atoms with Gasteiger partial charge in [-0.2, -0.15) is 0 Å². The molecule has 5 heteroatoms. The van der Waals surface area contributed by atoms with E-state index in [1.807, 2.05) is 13.0 Å². The maximum atomic E-state index is 12.0. The molecule has 1 heterocycles. The molecular weight excluding hydrogens is 254 g/mol. The van der Waals surface area contributed by atoms with E-state index in [0.717, 1.165) is 5.56 Å². The summed E-state index contributed by atoms with van der Waals surface area (Å²) in [5, 5.41) is 5.39. The molecule has 2 N–H and O–H groups in total. The zero-order valence-corrected chi connectivity index (χ0v) is 11.3. The van der Waals surface area contributed by atoms with Gasteiger partial charge in [-0.1, -0.05) is 18.2 Å². The number of benzene rings is 1. The number of nitrogens with one attached hydrogen (secondary N) is 2. The molecule has 0 spiro atoms. The summed E-state index contributed by atoms with van der Waals surface area (Å²) in [4.78, 5) is 27.1. The van der Waals surface area contributed by atoms with Crippen molar-refractivity contribution in [3.63, 3.8) is 0 Å². The maximum absolute atomic E-state index is 12.0. The molecule has 0 fully saturated rings. The van der Waals surface area contributed by atoms with Crippen LogP contribution >= 0.6 is 0 Å². The van der Waals surface area contributed by atoms with Gasteiger partial charge in [0.15, 0.2) is 0 Å². The Kier molecular flexibility index (Phi) is 4.10. The normalized spacial score (nSPS) is 9.90. The highest BCUT2D eigenvalue weighted by Crippen LogP contribution is 2.17. The van der Waals surface area contributed by atoms with E-state index < -0.39 is 0 Å². The van der Waals surface area contributed by atoms with Crippen molar-refractivity contribution in [2.24, 2.45) is 0 Å². The zero-order chi connectivity index (χ0) is 14.5. The third-order valence-corrected chi connectivity index (χ3v) is 2.70. The molecule has 0 unspecified atom stereocenters. The van der Waals surface area contributed by atoms with Crippen LogP contribution in [0.4, 0.5) is 11.5 Å². The number of nitrogens with zero attached hydrogens (tertiary/aromatic N) is 1. The van der Waals surface area contributed by atoms with Gasteiger partial charge in [-0.05, 0) is 30.7 Å². The van der Waals surface area contributed by atoms with Gasteiger partial charge in [0.25, 0.3) is 5.91 Å². The van der Waals surface area contributed by atoms with Crippen molar-refractivity contribution in [1.29, 1.82) is 0 Å². The lowest BCUT2D eigenvalue weighted by atomic mass is 10.2. The van der Waals surface area contributed by atoms with E-state index in [2.05, 4.69) is 15.6 Å². The summed E-state index contributed by atoms with van der Waals surface area (Å²) in [5.41, 5.74) is 2.03. The summed E-state index contributed by atoms with van der Waals surface area (Å²) >= 11 is 0. The van der Waals surface area contributed by atoms with Crippen LogP contribution in [0.15, 0.2) is 42.6 Å². The number of pyridine rings is 1. The fraction of sp³-hybridized carbons (Fsp3) is 0.133. The first-order chi connectivity index (χ1) is 9.56. The van der Waals surface area contributed by atoms with Crippen LogP contribution in [0, 0.1) is 6.92 Å². The minimum atomic E-state index is -0.218. The Hall–Kier alpha value is -2.69. The Morgan fingerprint density at radius 3 is 2.40 bits per heavy atom. The van der Waals surface area contributed by atoms with Crippen LogP contribution in [0.25, 0.3) is 0 Å². The zero-order valence-electron chi connectivity index (χ0n) is 11.3. The number of hydrogen-bond donors (Lipinski definition) is 2. The van der Waals surface area contributed by atoms with Gasteiger partial charge < -0.3 is 10.6 Å². The van der Waals surface area contributed by atoms with Crippen LogP contribution in [0.3, 0.4) is 0 Å². The molecular formula is C15H15N3O2. The number of aryl methyl sites for hydroxylation is 1. The first-order valence-corrected chi connectivity index (χ1v) is 6.17. The molecule has 0 radical (unpaired) electrons. The second kappa shape index (κ2) is 5.97. The molecule has 0 saturated heterocycles. The summed E-state index contributed by atoms with van der Waals surface area (Å²) in [6, 6.07) is 10.6. The van der Waals surface area contributed by atoms with E-state index in [0.29, 0.717) is 17.1 Å². The molecule has 0 aliphatic heterocycles. The highest BCUT2D eigenvalue weighted by molar-refractivity contribution is 6.03. The van der Waals surface area contributed by atoms with Crippen LogP contribution < -0.4 is 10.6 Å². The molecule has 1 aromatic carbocycles. The number of aromatic nitrogens is 1. The first kappa shape index (κ1) is 13.7. The molecule has 0 bridgehead atoms. The molecule has 0 saturated carbocycles. The lowest BCUT2D eigenvalue weighted by Crippen LogP contribution is -2.13. The van der Waals surface area contributed by atoms with Gasteiger partial charge >= 0.3 is 0 Å². The Balaban J connectivity index is 2.13. The average Bonchev–Trinajstić information content (AvgIpc) is 2.42. The number of carbonyl (C=O) groups is 2. The fourth-order valence-corrected chi connectivity index (χ4v) is 1.72. The standard InChI is InChI=1S/C15H15N3O2/c1-10-8-14(16-9-13(10)17-11(2)19)18-15(20)12-6-4-3-5-7-12/h3-9H,1-2H3,(H,17,19)(H,16,18,20). The smallest absolute Gasteiger partial charge is 0.256 e. The summed E-state index contributed by atoms with van der Waals surface area (Å²) in [7, 11) is 0. The highest BCUT2D eigenvalue weighted by atomic mass is 16.2. The van der Waals surface area contributed by atoms with E-state index in [9.17, 15) is 9.59 Å². The number of anilines is 2. The van der Waals surface area contributed by atoms with Crippen molar-refractivity contribution < 1.29 is 9.59 Å². The van der Waals surface area contributed by atoms with Crippen LogP contribution in [-0.2, 0) is 4.79 Å². The second-order valence-electron chi connectivity index (χ2n) is 4.39. The molecule has 0 atom stereocenters. The molecule has 0 aliphatic carbocycles. The van der Waals surface area contributed by atoms with Gasteiger partial charge in [0.2, 0.25) is 5.91 Å². The lowest BCUT2D eigenvalue weighted by Gasteiger charge is -2.09. The van der Waals surface area contributed by atoms with Crippen molar-refractivity contribution >= 4 is 23.3 Å². The fourth-order valence-electron chi connectivity index (χ4n) is 1.72. The number of hydrogen-bond acceptors (Lipinski definition) is 3. The van der Waals surface area contributed by atoms with Crippen LogP contribution in [0.1, 0.15) is 22.8 Å². The van der Waals surface area contributed by atoms with Crippen LogP contribution in [0.2, 0.25) is 0 Å². The largest absolute Gasteiger partial charge is 0.325 e. The highest BCUT2D eigenvalue weighted by Gasteiger charge is 2.08. The molecule has 2 rings (SSSR count). The molecule has 2 amide bonds. The predicted octanol–water partition coefficient (Wildman–Crippen LogP) is 2.60. The monoisotopic (exact) mass is 269 g/mol. The van der Waals surface area contributed by atoms with Gasteiger partial charge in [0.05, 0.1) is 11.9 Å². The van der Waals surface area contributed by atoms with Gasteiger partial charge in [-0.25, -0.2) is 4.98 Å². The first-order valence-electron chi connectivity index (χ1n) is 6.17. The molecule has 0 aliphatic rings. The molecule has 102 valence electrons. The van der Waals surface area contributed by atoms with Gasteiger partial charge in [-0.3, -0.25) is 9.59 Å². The summed E-state index contributed by atoms with van der Waals surface area (Å²) in [6.45, 7) is 3.27. The van der Waals surface area contributed by atoms with Crippen molar-refractivity contribution in [2.75, 3.05) is 10.6 Å². The quantitative estimate of drug-likeness (QED) is 0.899. The minimum Gasteiger partial charge on any atom is -0.325 e. The maximum Gasteiger partial charge on any atom is 0.256 e.